The Bertz CT molecular complexity index is 674. The fourth-order valence-electron chi connectivity index (χ4n) is 2.40. The van der Waals surface area contributed by atoms with Gasteiger partial charge in [0, 0.05) is 30.8 Å². The van der Waals surface area contributed by atoms with Gasteiger partial charge >= 0.3 is 17.9 Å². The molecule has 0 heterocycles. The quantitative estimate of drug-likeness (QED) is 0.163. The van der Waals surface area contributed by atoms with Crippen LogP contribution < -0.4 is 5.32 Å². The van der Waals surface area contributed by atoms with Gasteiger partial charge in [-0.1, -0.05) is 36.5 Å². The fourth-order valence-corrected chi connectivity index (χ4v) is 3.60. The molecule has 0 radical (unpaired) electrons. The van der Waals surface area contributed by atoms with Gasteiger partial charge in [-0.3, -0.25) is 14.4 Å². The molecule has 1 amide bonds. The van der Waals surface area contributed by atoms with Crippen molar-refractivity contribution in [3.8, 4) is 0 Å². The summed E-state index contributed by atoms with van der Waals surface area (Å²) in [5.41, 5.74) is 0. The van der Waals surface area contributed by atoms with E-state index in [0.29, 0.717) is 12.8 Å². The number of aliphatic carboxylic acids is 3. The van der Waals surface area contributed by atoms with E-state index in [1.165, 1.54) is 6.92 Å². The molecule has 0 saturated heterocycles. The minimum atomic E-state index is -1.18. The highest BCUT2D eigenvalue weighted by Gasteiger charge is 2.23. The second-order valence-corrected chi connectivity index (χ2v) is 7.94. The van der Waals surface area contributed by atoms with Crippen LogP contribution in [0.4, 0.5) is 0 Å². The number of carbonyl (C=O) groups is 4. The number of allylic oxidation sites excluding steroid dienone is 5. The van der Waals surface area contributed by atoms with E-state index in [1.807, 2.05) is 6.08 Å². The maximum atomic E-state index is 11.3. The van der Waals surface area contributed by atoms with Gasteiger partial charge in [-0.05, 0) is 25.7 Å². The van der Waals surface area contributed by atoms with E-state index in [0.717, 1.165) is 11.8 Å². The van der Waals surface area contributed by atoms with Gasteiger partial charge in [0.2, 0.25) is 5.91 Å². The molecule has 31 heavy (non-hydrogen) atoms. The molecule has 0 saturated carbocycles. The van der Waals surface area contributed by atoms with Gasteiger partial charge in [-0.15, -0.1) is 11.8 Å². The summed E-state index contributed by atoms with van der Waals surface area (Å²) in [7, 11) is 0. The third kappa shape index (κ3) is 16.8. The van der Waals surface area contributed by atoms with Gasteiger partial charge in [0.05, 0.1) is 6.10 Å². The number of carboxylic acids is 3. The summed E-state index contributed by atoms with van der Waals surface area (Å²) in [6, 6.07) is -1.10. The highest BCUT2D eigenvalue weighted by atomic mass is 32.2. The van der Waals surface area contributed by atoms with Crippen LogP contribution in [0.2, 0.25) is 0 Å². The lowest BCUT2D eigenvalue weighted by Crippen LogP contribution is -2.42. The third-order valence-electron chi connectivity index (χ3n) is 3.93. The molecule has 9 nitrogen and oxygen atoms in total. The Morgan fingerprint density at radius 3 is 2.13 bits per heavy atom. The fraction of sp³-hybridized carbons (Fsp3) is 0.524. The second-order valence-electron chi connectivity index (χ2n) is 6.73. The number of aliphatic hydroxyl groups excluding tert-OH is 1. The van der Waals surface area contributed by atoms with Crippen LogP contribution in [0, 0.1) is 0 Å². The number of hydrogen-bond donors (Lipinski definition) is 5. The molecule has 3 atom stereocenters. The van der Waals surface area contributed by atoms with Crippen molar-refractivity contribution in [3.05, 3.63) is 36.5 Å². The summed E-state index contributed by atoms with van der Waals surface area (Å²) < 4.78 is 0. The van der Waals surface area contributed by atoms with E-state index in [9.17, 15) is 29.4 Å². The van der Waals surface area contributed by atoms with Crippen molar-refractivity contribution in [1.82, 2.24) is 5.32 Å². The standard InChI is InChI=1S/C21H31NO8S/c1-15(23)22-16(21(29)30)14-31-18(17(24)10-9-13-20(27)28)11-7-5-3-2-4-6-8-12-19(25)26/h2-5,7,11,16-18,24H,6,8-10,12-14H2,1H3,(H,22,23)(H,25,26)(H,27,28)(H,29,30). The lowest BCUT2D eigenvalue weighted by Gasteiger charge is -2.21. The maximum Gasteiger partial charge on any atom is 0.327 e. The molecule has 3 unspecified atom stereocenters. The largest absolute Gasteiger partial charge is 0.481 e. The molecule has 0 aliphatic rings. The van der Waals surface area contributed by atoms with Gasteiger partial charge in [0.15, 0.2) is 0 Å². The minimum Gasteiger partial charge on any atom is -0.481 e. The van der Waals surface area contributed by atoms with Crippen molar-refractivity contribution in [3.63, 3.8) is 0 Å². The van der Waals surface area contributed by atoms with Crippen molar-refractivity contribution in [2.45, 2.75) is 62.8 Å². The van der Waals surface area contributed by atoms with Gasteiger partial charge in [0.25, 0.3) is 0 Å². The smallest absolute Gasteiger partial charge is 0.327 e. The van der Waals surface area contributed by atoms with Crippen LogP contribution in [-0.2, 0) is 19.2 Å². The number of thioether (sulfide) groups is 1. The Labute approximate surface area is 185 Å². The summed E-state index contributed by atoms with van der Waals surface area (Å²) >= 11 is 1.16. The first-order valence-corrected chi connectivity index (χ1v) is 10.9. The number of aliphatic hydroxyl groups is 1. The lowest BCUT2D eigenvalue weighted by atomic mass is 10.1. The normalized spacial score (nSPS) is 14.6. The van der Waals surface area contributed by atoms with Gasteiger partial charge in [-0.25, -0.2) is 4.79 Å². The Morgan fingerprint density at radius 1 is 0.935 bits per heavy atom. The van der Waals surface area contributed by atoms with E-state index in [2.05, 4.69) is 5.32 Å². The summed E-state index contributed by atoms with van der Waals surface area (Å²) in [5, 5.41) is 38.8. The van der Waals surface area contributed by atoms with E-state index >= 15 is 0 Å². The van der Waals surface area contributed by atoms with Crippen LogP contribution in [0.3, 0.4) is 0 Å². The molecule has 0 aliphatic heterocycles. The summed E-state index contributed by atoms with van der Waals surface area (Å²) in [5.74, 6) is -3.41. The number of rotatable bonds is 17. The molecule has 0 aliphatic carbocycles. The number of carbonyl (C=O) groups excluding carboxylic acids is 1. The van der Waals surface area contributed by atoms with Crippen molar-refractivity contribution < 1.29 is 39.6 Å². The van der Waals surface area contributed by atoms with Crippen molar-refractivity contribution in [2.75, 3.05) is 5.75 Å². The average molecular weight is 458 g/mol. The number of unbranched alkanes of at least 4 members (excludes halogenated alkanes) is 1. The first-order chi connectivity index (χ1) is 14.6. The van der Waals surface area contributed by atoms with E-state index in [4.69, 9.17) is 10.2 Å². The number of hydrogen-bond acceptors (Lipinski definition) is 6. The predicted octanol–water partition coefficient (Wildman–Crippen LogP) is 2.22. The van der Waals surface area contributed by atoms with Crippen molar-refractivity contribution in [1.29, 1.82) is 0 Å². The Hall–Kier alpha value is -2.59. The SMILES string of the molecule is CC(=O)NC(CSC(C=CC=CC=CCCCC(=O)O)C(O)CCCC(=O)O)C(=O)O. The molecule has 0 aromatic heterocycles. The van der Waals surface area contributed by atoms with Crippen LogP contribution in [0.15, 0.2) is 36.5 Å². The zero-order chi connectivity index (χ0) is 23.6. The first-order valence-electron chi connectivity index (χ1n) is 9.86. The Balaban J connectivity index is 4.86. The monoisotopic (exact) mass is 457 g/mol. The number of nitrogens with one attached hydrogen (secondary N) is 1. The number of amides is 1. The molecule has 0 aromatic rings. The zero-order valence-corrected chi connectivity index (χ0v) is 18.3. The van der Waals surface area contributed by atoms with E-state index in [1.54, 1.807) is 30.4 Å². The van der Waals surface area contributed by atoms with Crippen LogP contribution >= 0.6 is 11.8 Å². The van der Waals surface area contributed by atoms with E-state index in [-0.39, 0.29) is 31.4 Å². The molecular weight excluding hydrogens is 426 g/mol. The lowest BCUT2D eigenvalue weighted by molar-refractivity contribution is -0.141. The molecule has 10 heteroatoms. The Morgan fingerprint density at radius 2 is 1.55 bits per heavy atom. The maximum absolute atomic E-state index is 11.3. The predicted molar refractivity (Wildman–Crippen MR) is 118 cm³/mol. The zero-order valence-electron chi connectivity index (χ0n) is 17.5. The average Bonchev–Trinajstić information content (AvgIpc) is 2.66. The van der Waals surface area contributed by atoms with Crippen molar-refractivity contribution >= 4 is 35.6 Å². The topological polar surface area (TPSA) is 161 Å². The first kappa shape index (κ1) is 28.4. The molecule has 0 bridgehead atoms. The van der Waals surface area contributed by atoms with Crippen LogP contribution in [0.1, 0.15) is 45.4 Å². The second kappa shape index (κ2) is 17.1. The molecule has 0 fully saturated rings. The highest BCUT2D eigenvalue weighted by Crippen LogP contribution is 2.21. The number of carboxylic acid groups (broad SMARTS) is 3. The van der Waals surface area contributed by atoms with Gasteiger partial charge in [0.1, 0.15) is 6.04 Å². The molecule has 5 N–H and O–H groups in total. The van der Waals surface area contributed by atoms with Crippen LogP contribution in [-0.4, -0.2) is 67.4 Å². The van der Waals surface area contributed by atoms with Crippen LogP contribution in [0.5, 0.6) is 0 Å². The van der Waals surface area contributed by atoms with Gasteiger partial charge in [-0.2, -0.15) is 0 Å². The molecule has 0 spiro atoms. The summed E-state index contributed by atoms with van der Waals surface area (Å²) in [6.45, 7) is 1.22. The minimum absolute atomic E-state index is 0.0348. The van der Waals surface area contributed by atoms with Gasteiger partial charge < -0.3 is 25.7 Å². The van der Waals surface area contributed by atoms with Crippen LogP contribution in [0.25, 0.3) is 0 Å². The highest BCUT2D eigenvalue weighted by molar-refractivity contribution is 8.00. The third-order valence-corrected chi connectivity index (χ3v) is 5.31. The molecule has 174 valence electrons. The molecule has 0 rings (SSSR count). The summed E-state index contributed by atoms with van der Waals surface area (Å²) in [4.78, 5) is 43.5. The Kier molecular flexibility index (Phi) is 15.7. The molecular formula is C21H31NO8S. The molecule has 0 aromatic carbocycles. The summed E-state index contributed by atoms with van der Waals surface area (Å²) in [6.07, 6.45) is 11.3. The van der Waals surface area contributed by atoms with E-state index < -0.39 is 41.2 Å². The van der Waals surface area contributed by atoms with Crippen molar-refractivity contribution in [2.24, 2.45) is 0 Å².